The van der Waals surface area contributed by atoms with Crippen LogP contribution in [0, 0.1) is 39.9 Å². The molecule has 3 N–H and O–H groups in total. The molecule has 9 heteroatoms. The van der Waals surface area contributed by atoms with E-state index in [1.807, 2.05) is 0 Å². The highest BCUT2D eigenvalue weighted by Crippen LogP contribution is 2.49. The van der Waals surface area contributed by atoms with Crippen LogP contribution in [0.15, 0.2) is 12.1 Å². The Morgan fingerprint density at radius 3 is 2.38 bits per heavy atom. The summed E-state index contributed by atoms with van der Waals surface area (Å²) in [4.78, 5) is 38.7. The van der Waals surface area contributed by atoms with Crippen molar-refractivity contribution in [1.82, 2.24) is 10.6 Å². The maximum Gasteiger partial charge on any atom is 0.309 e. The zero-order valence-electron chi connectivity index (χ0n) is 23.8. The Hall–Kier alpha value is -3.28. The van der Waals surface area contributed by atoms with Crippen molar-refractivity contribution >= 4 is 17.8 Å². The first kappa shape index (κ1) is 28.3. The number of nitrogens with one attached hydrogen (secondary N) is 2. The Balaban J connectivity index is 1.31. The summed E-state index contributed by atoms with van der Waals surface area (Å²) in [7, 11) is 1.43. The second-order valence-electron chi connectivity index (χ2n) is 13.1. The van der Waals surface area contributed by atoms with Crippen LogP contribution in [0.1, 0.15) is 94.0 Å². The van der Waals surface area contributed by atoms with Crippen molar-refractivity contribution in [3.8, 4) is 17.6 Å². The van der Waals surface area contributed by atoms with Gasteiger partial charge in [0.1, 0.15) is 17.6 Å². The maximum absolute atomic E-state index is 13.7. The minimum atomic E-state index is -0.800. The van der Waals surface area contributed by atoms with Gasteiger partial charge < -0.3 is 25.2 Å². The van der Waals surface area contributed by atoms with E-state index in [-0.39, 0.29) is 64.0 Å². The van der Waals surface area contributed by atoms with Crippen LogP contribution in [0.5, 0.6) is 11.5 Å². The predicted molar refractivity (Wildman–Crippen MR) is 147 cm³/mol. The lowest BCUT2D eigenvalue weighted by atomic mass is 9.70. The number of nitrogens with zero attached hydrogens (tertiary/aromatic N) is 1. The number of methoxy groups -OCH3 is 1. The molecule has 0 spiro atoms. The number of carbonyl (C=O) groups is 3. The summed E-state index contributed by atoms with van der Waals surface area (Å²) in [6, 6.07) is 5.00. The van der Waals surface area contributed by atoms with Gasteiger partial charge in [-0.25, -0.2) is 0 Å². The van der Waals surface area contributed by atoms with Crippen molar-refractivity contribution in [2.45, 2.75) is 90.2 Å². The van der Waals surface area contributed by atoms with Crippen LogP contribution in [-0.2, 0) is 9.59 Å². The predicted octanol–water partition coefficient (Wildman–Crippen LogP) is 4.43. The molecule has 4 saturated carbocycles. The molecule has 1 aromatic rings. The second kappa shape index (κ2) is 10.9. The Bertz CT molecular complexity index is 1210. The molecular weight excluding hydrogens is 510 g/mol. The highest BCUT2D eigenvalue weighted by Gasteiger charge is 2.52. The summed E-state index contributed by atoms with van der Waals surface area (Å²) in [5, 5.41) is 25.7. The van der Waals surface area contributed by atoms with Crippen molar-refractivity contribution < 1.29 is 29.0 Å². The summed E-state index contributed by atoms with van der Waals surface area (Å²) < 4.78 is 11.7. The van der Waals surface area contributed by atoms with E-state index >= 15 is 0 Å². The molecule has 4 unspecified atom stereocenters. The van der Waals surface area contributed by atoms with Crippen LogP contribution in [0.3, 0.4) is 0 Å². The van der Waals surface area contributed by atoms with E-state index in [0.717, 1.165) is 32.1 Å². The Morgan fingerprint density at radius 1 is 1.07 bits per heavy atom. The summed E-state index contributed by atoms with van der Waals surface area (Å²) in [6.07, 6.45) is 8.29. The van der Waals surface area contributed by atoms with Gasteiger partial charge in [0.05, 0.1) is 35.7 Å². The van der Waals surface area contributed by atoms with E-state index in [4.69, 9.17) is 9.47 Å². The third-order valence-corrected chi connectivity index (χ3v) is 10.3. The molecular formula is C31H41N3O6. The van der Waals surface area contributed by atoms with Gasteiger partial charge in [0.15, 0.2) is 0 Å². The number of rotatable bonds is 9. The molecule has 0 saturated heterocycles. The summed E-state index contributed by atoms with van der Waals surface area (Å²) in [5.74, 6) is -0.364. The summed E-state index contributed by atoms with van der Waals surface area (Å²) in [6.45, 7) is 4.64. The fourth-order valence-electron chi connectivity index (χ4n) is 7.38. The van der Waals surface area contributed by atoms with Crippen LogP contribution < -0.4 is 20.1 Å². The van der Waals surface area contributed by atoms with Gasteiger partial charge in [0.2, 0.25) is 5.91 Å². The number of amides is 2. The van der Waals surface area contributed by atoms with Crippen LogP contribution in [0.25, 0.3) is 0 Å². The van der Waals surface area contributed by atoms with Crippen molar-refractivity contribution in [2.24, 2.45) is 28.6 Å². The van der Waals surface area contributed by atoms with Crippen LogP contribution in [0.2, 0.25) is 0 Å². The number of carboxylic acid groups (broad SMARTS) is 1. The number of carbonyl (C=O) groups excluding carboxylic acids is 2. The van der Waals surface area contributed by atoms with Gasteiger partial charge in [-0.2, -0.15) is 5.26 Å². The number of hydrogen-bond donors (Lipinski definition) is 3. The zero-order chi connectivity index (χ0) is 28.7. The van der Waals surface area contributed by atoms with Gasteiger partial charge in [0, 0.05) is 18.7 Å². The molecule has 0 aliphatic heterocycles. The monoisotopic (exact) mass is 551 g/mol. The summed E-state index contributed by atoms with van der Waals surface area (Å²) >= 11 is 0. The van der Waals surface area contributed by atoms with Crippen LogP contribution >= 0.6 is 0 Å². The first-order chi connectivity index (χ1) is 19.1. The van der Waals surface area contributed by atoms with E-state index in [9.17, 15) is 24.8 Å². The van der Waals surface area contributed by atoms with E-state index in [0.29, 0.717) is 38.0 Å². The van der Waals surface area contributed by atoms with Gasteiger partial charge in [-0.15, -0.1) is 0 Å². The van der Waals surface area contributed by atoms with Crippen molar-refractivity contribution in [3.05, 3.63) is 23.3 Å². The molecule has 1 aromatic carbocycles. The quantitative estimate of drug-likeness (QED) is 0.413. The van der Waals surface area contributed by atoms with Crippen LogP contribution in [-0.4, -0.2) is 48.7 Å². The fraction of sp³-hybridized carbons (Fsp3) is 0.677. The van der Waals surface area contributed by atoms with Gasteiger partial charge in [-0.1, -0.05) is 13.3 Å². The molecule has 4 fully saturated rings. The molecule has 4 atom stereocenters. The lowest BCUT2D eigenvalue weighted by Gasteiger charge is -2.39. The molecule has 2 amide bonds. The summed E-state index contributed by atoms with van der Waals surface area (Å²) in [5.41, 5.74) is -0.196. The Morgan fingerprint density at radius 2 is 1.77 bits per heavy atom. The van der Waals surface area contributed by atoms with E-state index in [1.165, 1.54) is 13.5 Å². The number of aliphatic carboxylic acids is 1. The highest BCUT2D eigenvalue weighted by molar-refractivity contribution is 5.99. The smallest absolute Gasteiger partial charge is 0.309 e. The molecule has 5 rings (SSSR count). The molecule has 0 heterocycles. The SMILES string of the molecule is COc1c(C#N)cc(OC2CCC(C)(C(=O)O)CC2)cc1C(=O)NC1C2CCC(C2)C1C(=O)NCC1(C)CCC1. The lowest BCUT2D eigenvalue weighted by molar-refractivity contribution is -0.150. The Kier molecular flexibility index (Phi) is 7.73. The number of fused-ring (bicyclic) bond motifs is 2. The van der Waals surface area contributed by atoms with Crippen molar-refractivity contribution in [3.63, 3.8) is 0 Å². The third-order valence-electron chi connectivity index (χ3n) is 10.3. The van der Waals surface area contributed by atoms with Crippen LogP contribution in [0.4, 0.5) is 0 Å². The van der Waals surface area contributed by atoms with E-state index < -0.39 is 11.4 Å². The van der Waals surface area contributed by atoms with Gasteiger partial charge >= 0.3 is 5.97 Å². The van der Waals surface area contributed by atoms with Crippen molar-refractivity contribution in [1.29, 1.82) is 5.26 Å². The van der Waals surface area contributed by atoms with Crippen molar-refractivity contribution in [2.75, 3.05) is 13.7 Å². The zero-order valence-corrected chi connectivity index (χ0v) is 23.8. The van der Waals surface area contributed by atoms with Gasteiger partial charge in [-0.05, 0) is 88.0 Å². The van der Waals surface area contributed by atoms with Gasteiger partial charge in [0.25, 0.3) is 5.91 Å². The minimum absolute atomic E-state index is 0.0260. The molecule has 0 aromatic heterocycles. The Labute approximate surface area is 236 Å². The first-order valence-electron chi connectivity index (χ1n) is 14.7. The number of ether oxygens (including phenoxy) is 2. The molecule has 9 nitrogen and oxygen atoms in total. The topological polar surface area (TPSA) is 138 Å². The second-order valence-corrected chi connectivity index (χ2v) is 13.1. The number of carboxylic acids is 1. The minimum Gasteiger partial charge on any atom is -0.495 e. The molecule has 0 radical (unpaired) electrons. The third kappa shape index (κ3) is 5.37. The largest absolute Gasteiger partial charge is 0.495 e. The van der Waals surface area contributed by atoms with E-state index in [1.54, 1.807) is 19.1 Å². The molecule has 216 valence electrons. The molecule has 4 aliphatic carbocycles. The van der Waals surface area contributed by atoms with E-state index in [2.05, 4.69) is 23.6 Å². The number of hydrogen-bond acceptors (Lipinski definition) is 6. The number of benzene rings is 1. The molecule has 2 bridgehead atoms. The number of nitriles is 1. The van der Waals surface area contributed by atoms with Gasteiger partial charge in [-0.3, -0.25) is 14.4 Å². The average Bonchev–Trinajstić information content (AvgIpc) is 3.53. The fourth-order valence-corrected chi connectivity index (χ4v) is 7.38. The molecule has 40 heavy (non-hydrogen) atoms. The maximum atomic E-state index is 13.7. The first-order valence-corrected chi connectivity index (χ1v) is 14.7. The lowest BCUT2D eigenvalue weighted by Crippen LogP contribution is -2.51. The average molecular weight is 552 g/mol. The highest BCUT2D eigenvalue weighted by atomic mass is 16.5. The standard InChI is InChI=1S/C31H41N3O6/c1-30(9-4-10-30)17-33-28(36)24-18-5-6-19(13-18)25(24)34-27(35)23-15-22(14-20(16-32)26(23)39-3)40-21-7-11-31(2,12-8-21)29(37)38/h14-15,18-19,21,24-25H,4-13,17H2,1-3H3,(H,33,36)(H,34,35)(H,37,38). The normalized spacial score (nSPS) is 31.9. The molecule has 4 aliphatic rings.